The van der Waals surface area contributed by atoms with Crippen LogP contribution in [0.5, 0.6) is 5.75 Å². The fraction of sp³-hybridized carbons (Fsp3) is 0.389. The molecular weight excluding hydrogens is 402 g/mol. The number of piperidine rings is 1. The SMILES string of the molecule is Cn1nccc(NCC(=O)N2CCC(Oc3cc([N+](=O)[O-])ccc3Cl)CC2)c1=O. The average Bonchev–Trinajstić information content (AvgIpc) is 2.71. The van der Waals surface area contributed by atoms with Gasteiger partial charge in [-0.25, -0.2) is 4.68 Å². The van der Waals surface area contributed by atoms with E-state index in [0.29, 0.717) is 36.6 Å². The number of nitro benzene ring substituents is 1. The molecule has 0 radical (unpaired) electrons. The van der Waals surface area contributed by atoms with Gasteiger partial charge in [-0.3, -0.25) is 19.7 Å². The van der Waals surface area contributed by atoms with E-state index in [-0.39, 0.29) is 35.6 Å². The second-order valence-corrected chi connectivity index (χ2v) is 7.00. The Balaban J connectivity index is 1.52. The zero-order valence-corrected chi connectivity index (χ0v) is 16.5. The van der Waals surface area contributed by atoms with Crippen LogP contribution in [0.3, 0.4) is 0 Å². The quantitative estimate of drug-likeness (QED) is 0.558. The number of non-ortho nitro benzene ring substituents is 1. The fourth-order valence-corrected chi connectivity index (χ4v) is 3.18. The molecule has 0 bridgehead atoms. The molecular formula is C18H20ClN5O5. The third-order valence-electron chi connectivity index (χ3n) is 4.65. The number of nitro groups is 1. The summed E-state index contributed by atoms with van der Waals surface area (Å²) in [6.45, 7) is 0.958. The third-order valence-corrected chi connectivity index (χ3v) is 4.96. The van der Waals surface area contributed by atoms with Gasteiger partial charge in [-0.1, -0.05) is 11.6 Å². The zero-order chi connectivity index (χ0) is 21.0. The monoisotopic (exact) mass is 421 g/mol. The van der Waals surface area contributed by atoms with E-state index in [1.807, 2.05) is 0 Å². The van der Waals surface area contributed by atoms with Crippen molar-refractivity contribution in [1.29, 1.82) is 0 Å². The molecule has 1 aromatic heterocycles. The molecule has 154 valence electrons. The standard InChI is InChI=1S/C18H20ClN5O5/c1-22-18(26)15(4-7-21-22)20-11-17(25)23-8-5-13(6-9-23)29-16-10-12(24(27)28)2-3-14(16)19/h2-4,7,10,13,20H,5-6,8-9,11H2,1H3. The third kappa shape index (κ3) is 5.02. The maximum atomic E-state index is 12.4. The molecule has 0 spiro atoms. The Kier molecular flexibility index (Phi) is 6.32. The number of carbonyl (C=O) groups is 1. The Morgan fingerprint density at radius 2 is 2.10 bits per heavy atom. The van der Waals surface area contributed by atoms with Gasteiger partial charge in [0.1, 0.15) is 17.5 Å². The minimum Gasteiger partial charge on any atom is -0.488 e. The number of carbonyl (C=O) groups excluding carboxylic acids is 1. The first kappa shape index (κ1) is 20.6. The van der Waals surface area contributed by atoms with Gasteiger partial charge in [0.2, 0.25) is 5.91 Å². The predicted octanol–water partition coefficient (Wildman–Crippen LogP) is 1.82. The van der Waals surface area contributed by atoms with Gasteiger partial charge in [-0.15, -0.1) is 0 Å². The van der Waals surface area contributed by atoms with Crippen LogP contribution in [-0.2, 0) is 11.8 Å². The molecule has 1 amide bonds. The van der Waals surface area contributed by atoms with Gasteiger partial charge in [0.05, 0.1) is 22.6 Å². The van der Waals surface area contributed by atoms with Crippen molar-refractivity contribution in [2.45, 2.75) is 18.9 Å². The number of aryl methyl sites for hydroxylation is 1. The molecule has 0 unspecified atom stereocenters. The largest absolute Gasteiger partial charge is 0.488 e. The molecule has 0 saturated carbocycles. The number of aromatic nitrogens is 2. The van der Waals surface area contributed by atoms with E-state index in [9.17, 15) is 19.7 Å². The Morgan fingerprint density at radius 1 is 1.38 bits per heavy atom. The second-order valence-electron chi connectivity index (χ2n) is 6.60. The second kappa shape index (κ2) is 8.91. The van der Waals surface area contributed by atoms with Crippen molar-refractivity contribution in [3.05, 3.63) is 56.0 Å². The average molecular weight is 422 g/mol. The number of nitrogens with zero attached hydrogens (tertiary/aromatic N) is 4. The lowest BCUT2D eigenvalue weighted by atomic mass is 10.1. The van der Waals surface area contributed by atoms with Crippen LogP contribution in [0.1, 0.15) is 12.8 Å². The summed E-state index contributed by atoms with van der Waals surface area (Å²) < 4.78 is 7.01. The molecule has 3 rings (SSSR count). The van der Waals surface area contributed by atoms with Crippen molar-refractivity contribution in [3.8, 4) is 5.75 Å². The summed E-state index contributed by atoms with van der Waals surface area (Å²) in [6.07, 6.45) is 2.43. The molecule has 1 N–H and O–H groups in total. The molecule has 11 heteroatoms. The lowest BCUT2D eigenvalue weighted by Gasteiger charge is -2.32. The van der Waals surface area contributed by atoms with Crippen LogP contribution in [-0.4, -0.2) is 51.2 Å². The van der Waals surface area contributed by atoms with Gasteiger partial charge >= 0.3 is 0 Å². The van der Waals surface area contributed by atoms with E-state index in [0.717, 1.165) is 0 Å². The zero-order valence-electron chi connectivity index (χ0n) is 15.7. The topological polar surface area (TPSA) is 120 Å². The van der Waals surface area contributed by atoms with Gasteiger partial charge < -0.3 is 15.0 Å². The summed E-state index contributed by atoms with van der Waals surface area (Å²) in [5.74, 6) is 0.136. The Hall–Kier alpha value is -3.14. The number of hydrogen-bond acceptors (Lipinski definition) is 7. The molecule has 0 atom stereocenters. The number of amides is 1. The number of rotatable bonds is 6. The van der Waals surface area contributed by atoms with E-state index in [4.69, 9.17) is 16.3 Å². The maximum absolute atomic E-state index is 12.4. The van der Waals surface area contributed by atoms with Crippen LogP contribution in [0.2, 0.25) is 5.02 Å². The molecule has 2 aromatic rings. The van der Waals surface area contributed by atoms with Gasteiger partial charge in [-0.05, 0) is 12.1 Å². The van der Waals surface area contributed by atoms with Gasteiger partial charge in [-0.2, -0.15) is 5.10 Å². The predicted molar refractivity (Wildman–Crippen MR) is 106 cm³/mol. The van der Waals surface area contributed by atoms with Gasteiger partial charge in [0, 0.05) is 45.2 Å². The number of halogens is 1. The Morgan fingerprint density at radius 3 is 2.79 bits per heavy atom. The lowest BCUT2D eigenvalue weighted by molar-refractivity contribution is -0.384. The summed E-state index contributed by atoms with van der Waals surface area (Å²) >= 11 is 6.07. The van der Waals surface area contributed by atoms with Crippen molar-refractivity contribution in [3.63, 3.8) is 0 Å². The molecule has 29 heavy (non-hydrogen) atoms. The highest BCUT2D eigenvalue weighted by Crippen LogP contribution is 2.31. The van der Waals surface area contributed by atoms with Gasteiger partial charge in [0.15, 0.2) is 0 Å². The summed E-state index contributed by atoms with van der Waals surface area (Å²) in [5.41, 5.74) is -0.0824. The van der Waals surface area contributed by atoms with Crippen molar-refractivity contribution >= 4 is 28.9 Å². The highest BCUT2D eigenvalue weighted by Gasteiger charge is 2.25. The van der Waals surface area contributed by atoms with E-state index in [2.05, 4.69) is 10.4 Å². The first-order valence-electron chi connectivity index (χ1n) is 8.99. The summed E-state index contributed by atoms with van der Waals surface area (Å²) in [7, 11) is 1.54. The molecule has 1 fully saturated rings. The van der Waals surface area contributed by atoms with Crippen LogP contribution < -0.4 is 15.6 Å². The maximum Gasteiger partial charge on any atom is 0.289 e. The van der Waals surface area contributed by atoms with E-state index in [1.54, 1.807) is 4.90 Å². The van der Waals surface area contributed by atoms with Crippen LogP contribution in [0, 0.1) is 10.1 Å². The van der Waals surface area contributed by atoms with Crippen LogP contribution in [0.25, 0.3) is 0 Å². The van der Waals surface area contributed by atoms with E-state index >= 15 is 0 Å². The van der Waals surface area contributed by atoms with Crippen molar-refractivity contribution in [2.75, 3.05) is 25.0 Å². The van der Waals surface area contributed by atoms with Crippen molar-refractivity contribution in [1.82, 2.24) is 14.7 Å². The lowest BCUT2D eigenvalue weighted by Crippen LogP contribution is -2.44. The Labute approximate surface area is 171 Å². The van der Waals surface area contributed by atoms with Crippen LogP contribution in [0.4, 0.5) is 11.4 Å². The normalized spacial score (nSPS) is 14.5. The summed E-state index contributed by atoms with van der Waals surface area (Å²) in [4.78, 5) is 36.4. The highest BCUT2D eigenvalue weighted by atomic mass is 35.5. The number of benzene rings is 1. The number of anilines is 1. The van der Waals surface area contributed by atoms with Gasteiger partial charge in [0.25, 0.3) is 11.2 Å². The van der Waals surface area contributed by atoms with Crippen molar-refractivity contribution < 1.29 is 14.5 Å². The molecule has 1 aliphatic heterocycles. The summed E-state index contributed by atoms with van der Waals surface area (Å²) in [5, 5.41) is 17.9. The van der Waals surface area contributed by atoms with Crippen molar-refractivity contribution in [2.24, 2.45) is 7.05 Å². The molecule has 1 saturated heterocycles. The summed E-state index contributed by atoms with van der Waals surface area (Å²) in [6, 6.07) is 5.58. The Bertz CT molecular complexity index is 971. The number of nitrogens with one attached hydrogen (secondary N) is 1. The molecule has 1 aromatic carbocycles. The molecule has 10 nitrogen and oxygen atoms in total. The first-order chi connectivity index (χ1) is 13.8. The fourth-order valence-electron chi connectivity index (χ4n) is 3.02. The number of likely N-dealkylation sites (tertiary alicyclic amines) is 1. The smallest absolute Gasteiger partial charge is 0.289 e. The molecule has 0 aliphatic carbocycles. The van der Waals surface area contributed by atoms with Crippen LogP contribution in [0.15, 0.2) is 35.3 Å². The number of hydrogen-bond donors (Lipinski definition) is 1. The first-order valence-corrected chi connectivity index (χ1v) is 9.37. The minimum atomic E-state index is -0.506. The van der Waals surface area contributed by atoms with Crippen LogP contribution >= 0.6 is 11.6 Å². The van der Waals surface area contributed by atoms with E-state index < -0.39 is 4.92 Å². The minimum absolute atomic E-state index is 0.00147. The van der Waals surface area contributed by atoms with E-state index in [1.165, 1.54) is 42.2 Å². The highest BCUT2D eigenvalue weighted by molar-refractivity contribution is 6.32. The molecule has 1 aliphatic rings. The number of ether oxygens (including phenoxy) is 1. The molecule has 2 heterocycles.